The van der Waals surface area contributed by atoms with E-state index < -0.39 is 0 Å². The van der Waals surface area contributed by atoms with Crippen molar-refractivity contribution in [2.45, 2.75) is 27.2 Å². The molecule has 0 aromatic heterocycles. The smallest absolute Gasteiger partial charge is 0.251 e. The lowest BCUT2D eigenvalue weighted by molar-refractivity contribution is 0.0951. The predicted molar refractivity (Wildman–Crippen MR) is 176 cm³/mol. The number of benzene rings is 5. The zero-order valence-corrected chi connectivity index (χ0v) is 25.2. The number of carbonyl (C=O) groups excluding carboxylic acids is 4. The number of carbonyl (C=O) groups is 4. The van der Waals surface area contributed by atoms with Crippen molar-refractivity contribution < 1.29 is 19.2 Å². The zero-order valence-electron chi connectivity index (χ0n) is 25.2. The lowest BCUT2D eigenvalue weighted by Crippen LogP contribution is -2.25. The number of hydrogen-bond donors (Lipinski definition) is 1. The maximum atomic E-state index is 12.3. The van der Waals surface area contributed by atoms with Crippen molar-refractivity contribution in [3.05, 3.63) is 155 Å². The molecule has 5 heteroatoms. The molecule has 0 aliphatic carbocycles. The summed E-state index contributed by atoms with van der Waals surface area (Å²) in [6.07, 6.45) is 0.813. The zero-order chi connectivity index (χ0) is 31.5. The highest BCUT2D eigenvalue weighted by molar-refractivity contribution is 5.96. The van der Waals surface area contributed by atoms with Gasteiger partial charge in [-0.2, -0.15) is 0 Å². The van der Waals surface area contributed by atoms with Gasteiger partial charge in [0.15, 0.2) is 17.3 Å². The second-order valence-corrected chi connectivity index (χ2v) is 10.5. The molecule has 0 saturated heterocycles. The lowest BCUT2D eigenvalue weighted by atomic mass is 10.0. The molecule has 0 unspecified atom stereocenters. The topological polar surface area (TPSA) is 80.3 Å². The molecule has 44 heavy (non-hydrogen) atoms. The molecule has 5 aromatic rings. The minimum Gasteiger partial charge on any atom is -0.352 e. The van der Waals surface area contributed by atoms with Gasteiger partial charge < -0.3 is 5.32 Å². The van der Waals surface area contributed by atoms with E-state index in [9.17, 15) is 19.2 Å². The summed E-state index contributed by atoms with van der Waals surface area (Å²) in [4.78, 5) is 45.9. The van der Waals surface area contributed by atoms with Gasteiger partial charge in [-0.05, 0) is 67.1 Å². The van der Waals surface area contributed by atoms with Gasteiger partial charge in [-0.3, -0.25) is 19.2 Å². The quantitative estimate of drug-likeness (QED) is 0.178. The number of nitrogens with one attached hydrogen (secondary N) is 1. The predicted octanol–water partition coefficient (Wildman–Crippen LogP) is 8.29. The average Bonchev–Trinajstić information content (AvgIpc) is 3.05. The van der Waals surface area contributed by atoms with Gasteiger partial charge in [0, 0.05) is 28.8 Å². The van der Waals surface area contributed by atoms with Crippen LogP contribution < -0.4 is 5.32 Å². The van der Waals surface area contributed by atoms with Crippen molar-refractivity contribution in [2.75, 3.05) is 6.54 Å². The molecule has 5 rings (SSSR count). The Morgan fingerprint density at radius 1 is 0.432 bits per heavy atom. The third-order valence-electron chi connectivity index (χ3n) is 7.23. The van der Waals surface area contributed by atoms with Crippen molar-refractivity contribution in [1.29, 1.82) is 0 Å². The minimum atomic E-state index is -0.0700. The molecule has 5 aromatic carbocycles. The van der Waals surface area contributed by atoms with E-state index in [1.165, 1.54) is 5.56 Å². The normalized spacial score (nSPS) is 10.2. The Morgan fingerprint density at radius 2 is 0.750 bits per heavy atom. The highest BCUT2D eigenvalue weighted by atomic mass is 16.2. The number of rotatable bonds is 9. The van der Waals surface area contributed by atoms with E-state index in [4.69, 9.17) is 0 Å². The SMILES string of the molecule is CC(=O)c1ccc(-c2ccc(C(=O)NCCc3ccccc3)cc2)cc1.CC(=O)c1ccc(-c2ccc(C(C)=O)cc2)cc1. The third kappa shape index (κ3) is 8.79. The largest absolute Gasteiger partial charge is 0.352 e. The summed E-state index contributed by atoms with van der Waals surface area (Å²) in [6, 6.07) is 40.0. The maximum absolute atomic E-state index is 12.3. The van der Waals surface area contributed by atoms with Gasteiger partial charge in [0.1, 0.15) is 0 Å². The first-order valence-corrected chi connectivity index (χ1v) is 14.5. The molecule has 0 saturated carbocycles. The van der Waals surface area contributed by atoms with Crippen molar-refractivity contribution in [2.24, 2.45) is 0 Å². The summed E-state index contributed by atoms with van der Waals surface area (Å²) in [6.45, 7) is 5.27. The van der Waals surface area contributed by atoms with Crippen LogP contribution in [0, 0.1) is 0 Å². The van der Waals surface area contributed by atoms with E-state index in [1.807, 2.05) is 115 Å². The molecule has 0 bridgehead atoms. The fraction of sp³-hybridized carbons (Fsp3) is 0.128. The van der Waals surface area contributed by atoms with Gasteiger partial charge >= 0.3 is 0 Å². The lowest BCUT2D eigenvalue weighted by Gasteiger charge is -2.07. The maximum Gasteiger partial charge on any atom is 0.251 e. The Balaban J connectivity index is 0.000000215. The van der Waals surface area contributed by atoms with Crippen LogP contribution in [0.5, 0.6) is 0 Å². The molecule has 0 spiro atoms. The molecule has 0 fully saturated rings. The number of ketones is 3. The van der Waals surface area contributed by atoms with Crippen LogP contribution in [0.4, 0.5) is 0 Å². The first-order valence-electron chi connectivity index (χ1n) is 14.5. The molecule has 1 N–H and O–H groups in total. The Kier molecular flexibility index (Phi) is 10.9. The molecular formula is C39H35NO4. The average molecular weight is 582 g/mol. The monoisotopic (exact) mass is 581 g/mol. The van der Waals surface area contributed by atoms with Gasteiger partial charge in [0.2, 0.25) is 0 Å². The van der Waals surface area contributed by atoms with E-state index in [-0.39, 0.29) is 23.3 Å². The molecule has 0 aliphatic rings. The number of Topliss-reactive ketones (excluding diaryl/α,β-unsaturated/α-hetero) is 3. The van der Waals surface area contributed by atoms with Crippen LogP contribution in [0.3, 0.4) is 0 Å². The first kappa shape index (κ1) is 31.5. The van der Waals surface area contributed by atoms with Crippen molar-refractivity contribution >= 4 is 23.3 Å². The van der Waals surface area contributed by atoms with E-state index in [0.29, 0.717) is 28.8 Å². The van der Waals surface area contributed by atoms with Crippen LogP contribution in [0.15, 0.2) is 127 Å². The van der Waals surface area contributed by atoms with Crippen molar-refractivity contribution in [1.82, 2.24) is 5.32 Å². The van der Waals surface area contributed by atoms with Gasteiger partial charge in [-0.25, -0.2) is 0 Å². The molecule has 0 atom stereocenters. The summed E-state index contributed by atoms with van der Waals surface area (Å²) in [7, 11) is 0. The molecule has 5 nitrogen and oxygen atoms in total. The molecule has 220 valence electrons. The summed E-state index contributed by atoms with van der Waals surface area (Å²) in [5.74, 6) is 0.112. The van der Waals surface area contributed by atoms with Crippen LogP contribution in [-0.2, 0) is 6.42 Å². The fourth-order valence-corrected chi connectivity index (χ4v) is 4.57. The van der Waals surface area contributed by atoms with Crippen LogP contribution >= 0.6 is 0 Å². The van der Waals surface area contributed by atoms with Crippen LogP contribution in [0.2, 0.25) is 0 Å². The number of amides is 1. The fourth-order valence-electron chi connectivity index (χ4n) is 4.57. The molecular weight excluding hydrogens is 546 g/mol. The van der Waals surface area contributed by atoms with Crippen LogP contribution in [0.1, 0.15) is 67.8 Å². The Labute approximate surface area is 258 Å². The highest BCUT2D eigenvalue weighted by Gasteiger charge is 2.07. The van der Waals surface area contributed by atoms with E-state index in [0.717, 1.165) is 28.7 Å². The Hall–Kier alpha value is -5.42. The third-order valence-corrected chi connectivity index (χ3v) is 7.23. The Bertz CT molecular complexity index is 1660. The molecule has 0 heterocycles. The van der Waals surface area contributed by atoms with E-state index >= 15 is 0 Å². The summed E-state index contributed by atoms with van der Waals surface area (Å²) in [5.41, 5.74) is 8.07. The molecule has 0 radical (unpaired) electrons. The van der Waals surface area contributed by atoms with Crippen LogP contribution in [0.25, 0.3) is 22.3 Å². The standard InChI is InChI=1S/C23H21NO2.C16H14O2/c1-17(25)19-7-9-20(10-8-19)21-11-13-22(14-12-21)23(26)24-16-15-18-5-3-2-4-6-18;1-11(17)13-3-7-15(8-4-13)16-9-5-14(6-10-16)12(2)18/h2-14H,15-16H2,1H3,(H,24,26);3-10H,1-2H3. The summed E-state index contributed by atoms with van der Waals surface area (Å²) >= 11 is 0. The Morgan fingerprint density at radius 3 is 1.07 bits per heavy atom. The molecule has 1 amide bonds. The van der Waals surface area contributed by atoms with Gasteiger partial charge in [-0.15, -0.1) is 0 Å². The highest BCUT2D eigenvalue weighted by Crippen LogP contribution is 2.22. The summed E-state index contributed by atoms with van der Waals surface area (Å²) < 4.78 is 0. The van der Waals surface area contributed by atoms with Gasteiger partial charge in [0.05, 0.1) is 0 Å². The van der Waals surface area contributed by atoms with E-state index in [1.54, 1.807) is 20.8 Å². The van der Waals surface area contributed by atoms with Gasteiger partial charge in [0.25, 0.3) is 5.91 Å². The second kappa shape index (κ2) is 15.2. The summed E-state index contributed by atoms with van der Waals surface area (Å²) in [5, 5.41) is 2.95. The van der Waals surface area contributed by atoms with Crippen molar-refractivity contribution in [3.63, 3.8) is 0 Å². The molecule has 0 aliphatic heterocycles. The first-order chi connectivity index (χ1) is 21.2. The van der Waals surface area contributed by atoms with E-state index in [2.05, 4.69) is 17.4 Å². The number of hydrogen-bond acceptors (Lipinski definition) is 4. The second-order valence-electron chi connectivity index (χ2n) is 10.5. The van der Waals surface area contributed by atoms with Gasteiger partial charge in [-0.1, -0.05) is 115 Å². The minimum absolute atomic E-state index is 0.0547. The van der Waals surface area contributed by atoms with Crippen molar-refractivity contribution in [3.8, 4) is 22.3 Å². The van der Waals surface area contributed by atoms with Crippen LogP contribution in [-0.4, -0.2) is 29.8 Å².